The van der Waals surface area contributed by atoms with E-state index in [0.717, 1.165) is 5.69 Å². The third kappa shape index (κ3) is 1.92. The second kappa shape index (κ2) is 4.13. The lowest BCUT2D eigenvalue weighted by Crippen LogP contribution is -2.16. The standard InChI is InChI=1S/C9H12N6O/c1-3-15-5-10-14-9(15)11-8(16)7-4-6(2)12-13-7/h4-5H,3H2,1-2H3,(H,12,13)(H,11,14,16). The lowest BCUT2D eigenvalue weighted by Gasteiger charge is -2.02. The van der Waals surface area contributed by atoms with Crippen molar-refractivity contribution in [3.8, 4) is 0 Å². The van der Waals surface area contributed by atoms with E-state index in [0.29, 0.717) is 18.2 Å². The molecular weight excluding hydrogens is 208 g/mol. The van der Waals surface area contributed by atoms with Crippen LogP contribution < -0.4 is 5.32 Å². The lowest BCUT2D eigenvalue weighted by atomic mass is 10.3. The van der Waals surface area contributed by atoms with E-state index in [1.807, 2.05) is 13.8 Å². The summed E-state index contributed by atoms with van der Waals surface area (Å²) in [6.07, 6.45) is 1.56. The van der Waals surface area contributed by atoms with Crippen molar-refractivity contribution in [3.05, 3.63) is 23.8 Å². The van der Waals surface area contributed by atoms with E-state index in [1.54, 1.807) is 17.0 Å². The maximum atomic E-state index is 11.7. The van der Waals surface area contributed by atoms with Crippen molar-refractivity contribution in [3.63, 3.8) is 0 Å². The summed E-state index contributed by atoms with van der Waals surface area (Å²) >= 11 is 0. The van der Waals surface area contributed by atoms with Crippen molar-refractivity contribution in [2.24, 2.45) is 0 Å². The van der Waals surface area contributed by atoms with Gasteiger partial charge in [0.05, 0.1) is 0 Å². The molecule has 0 fully saturated rings. The van der Waals surface area contributed by atoms with Crippen LogP contribution in [0.5, 0.6) is 0 Å². The Kier molecular flexibility index (Phi) is 2.67. The van der Waals surface area contributed by atoms with Crippen molar-refractivity contribution in [1.29, 1.82) is 0 Å². The number of anilines is 1. The van der Waals surface area contributed by atoms with Gasteiger partial charge in [0.1, 0.15) is 6.33 Å². The van der Waals surface area contributed by atoms with Gasteiger partial charge in [-0.05, 0) is 19.9 Å². The highest BCUT2D eigenvalue weighted by Gasteiger charge is 2.12. The topological polar surface area (TPSA) is 88.5 Å². The lowest BCUT2D eigenvalue weighted by molar-refractivity contribution is 0.102. The molecule has 0 aliphatic heterocycles. The van der Waals surface area contributed by atoms with E-state index < -0.39 is 0 Å². The van der Waals surface area contributed by atoms with Crippen molar-refractivity contribution < 1.29 is 4.79 Å². The number of aromatic amines is 1. The zero-order chi connectivity index (χ0) is 11.5. The van der Waals surface area contributed by atoms with Crippen LogP contribution in [0.25, 0.3) is 0 Å². The van der Waals surface area contributed by atoms with Crippen LogP contribution in [0, 0.1) is 6.92 Å². The van der Waals surface area contributed by atoms with Crippen LogP contribution in [0.2, 0.25) is 0 Å². The fourth-order valence-electron chi connectivity index (χ4n) is 1.28. The van der Waals surface area contributed by atoms with Crippen molar-refractivity contribution in [2.45, 2.75) is 20.4 Å². The number of nitrogens with one attached hydrogen (secondary N) is 2. The molecule has 2 aromatic heterocycles. The fraction of sp³-hybridized carbons (Fsp3) is 0.333. The molecule has 0 aliphatic carbocycles. The first kappa shape index (κ1) is 10.3. The van der Waals surface area contributed by atoms with Crippen molar-refractivity contribution >= 4 is 11.9 Å². The van der Waals surface area contributed by atoms with Crippen LogP contribution >= 0.6 is 0 Å². The van der Waals surface area contributed by atoms with E-state index in [4.69, 9.17) is 0 Å². The summed E-state index contributed by atoms with van der Waals surface area (Å²) in [5.41, 5.74) is 1.17. The molecule has 7 heteroatoms. The molecule has 84 valence electrons. The Morgan fingerprint density at radius 3 is 3.06 bits per heavy atom. The summed E-state index contributed by atoms with van der Waals surface area (Å²) in [7, 11) is 0. The van der Waals surface area contributed by atoms with E-state index in [9.17, 15) is 4.79 Å². The predicted octanol–water partition coefficient (Wildman–Crippen LogP) is 0.582. The number of H-pyrrole nitrogens is 1. The molecule has 16 heavy (non-hydrogen) atoms. The molecule has 0 spiro atoms. The minimum absolute atomic E-state index is 0.299. The number of aromatic nitrogens is 5. The van der Waals surface area contributed by atoms with Gasteiger partial charge < -0.3 is 0 Å². The third-order valence-corrected chi connectivity index (χ3v) is 2.12. The van der Waals surface area contributed by atoms with Crippen molar-refractivity contribution in [1.82, 2.24) is 25.0 Å². The highest BCUT2D eigenvalue weighted by atomic mass is 16.2. The molecule has 0 aromatic carbocycles. The van der Waals surface area contributed by atoms with Gasteiger partial charge >= 0.3 is 0 Å². The van der Waals surface area contributed by atoms with Crippen LogP contribution in [0.3, 0.4) is 0 Å². The van der Waals surface area contributed by atoms with E-state index in [2.05, 4.69) is 25.7 Å². The van der Waals surface area contributed by atoms with Crippen molar-refractivity contribution in [2.75, 3.05) is 5.32 Å². The molecule has 1 amide bonds. The molecule has 0 saturated carbocycles. The third-order valence-electron chi connectivity index (χ3n) is 2.12. The van der Waals surface area contributed by atoms with Crippen LogP contribution in [0.1, 0.15) is 23.1 Å². The summed E-state index contributed by atoms with van der Waals surface area (Å²) in [5.74, 6) is 0.125. The monoisotopic (exact) mass is 220 g/mol. The summed E-state index contributed by atoms with van der Waals surface area (Å²) in [6.45, 7) is 4.47. The highest BCUT2D eigenvalue weighted by Crippen LogP contribution is 2.05. The Morgan fingerprint density at radius 1 is 1.62 bits per heavy atom. The molecule has 2 rings (SSSR count). The number of aryl methyl sites for hydroxylation is 2. The average molecular weight is 220 g/mol. The minimum atomic E-state index is -0.299. The molecule has 2 aromatic rings. The Bertz CT molecular complexity index is 500. The number of hydrogen-bond acceptors (Lipinski definition) is 4. The molecule has 0 saturated heterocycles. The maximum absolute atomic E-state index is 11.7. The van der Waals surface area contributed by atoms with E-state index in [-0.39, 0.29) is 5.91 Å². The first-order valence-corrected chi connectivity index (χ1v) is 4.92. The van der Waals surface area contributed by atoms with Gasteiger partial charge in [0.2, 0.25) is 5.95 Å². The summed E-state index contributed by atoms with van der Waals surface area (Å²) in [5, 5.41) is 16.7. The summed E-state index contributed by atoms with van der Waals surface area (Å²) in [4.78, 5) is 11.7. The Labute approximate surface area is 91.9 Å². The summed E-state index contributed by atoms with van der Waals surface area (Å²) in [6, 6.07) is 1.67. The Hall–Kier alpha value is -2.18. The first-order valence-electron chi connectivity index (χ1n) is 4.92. The number of amides is 1. The molecule has 7 nitrogen and oxygen atoms in total. The molecule has 0 unspecified atom stereocenters. The predicted molar refractivity (Wildman–Crippen MR) is 57.0 cm³/mol. The largest absolute Gasteiger partial charge is 0.300 e. The number of carbonyl (C=O) groups excluding carboxylic acids is 1. The molecule has 0 atom stereocenters. The van der Waals surface area contributed by atoms with Crippen LogP contribution in [-0.4, -0.2) is 30.9 Å². The molecule has 2 heterocycles. The first-order chi connectivity index (χ1) is 7.70. The normalized spacial score (nSPS) is 10.4. The number of carbonyl (C=O) groups is 1. The van der Waals surface area contributed by atoms with Gasteiger partial charge in [-0.2, -0.15) is 5.10 Å². The molecule has 0 aliphatic rings. The average Bonchev–Trinajstić information content (AvgIpc) is 2.86. The SMILES string of the molecule is CCn1cnnc1NC(=O)c1cc(C)[nH]n1. The van der Waals surface area contributed by atoms with E-state index in [1.165, 1.54) is 0 Å². The second-order valence-electron chi connectivity index (χ2n) is 3.33. The van der Waals surface area contributed by atoms with E-state index >= 15 is 0 Å². The van der Waals surface area contributed by atoms with Crippen LogP contribution in [-0.2, 0) is 6.54 Å². The molecule has 0 bridgehead atoms. The smallest absolute Gasteiger partial charge is 0.278 e. The zero-order valence-electron chi connectivity index (χ0n) is 9.06. The van der Waals surface area contributed by atoms with Gasteiger partial charge in [0, 0.05) is 12.2 Å². The number of hydrogen-bond donors (Lipinski definition) is 2. The highest BCUT2D eigenvalue weighted by molar-refractivity contribution is 6.01. The van der Waals surface area contributed by atoms with Gasteiger partial charge in [-0.1, -0.05) is 0 Å². The molecule has 2 N–H and O–H groups in total. The molecule has 0 radical (unpaired) electrons. The fourth-order valence-corrected chi connectivity index (χ4v) is 1.28. The van der Waals surface area contributed by atoms with Crippen LogP contribution in [0.15, 0.2) is 12.4 Å². The van der Waals surface area contributed by atoms with Gasteiger partial charge in [-0.15, -0.1) is 10.2 Å². The minimum Gasteiger partial charge on any atom is -0.300 e. The Balaban J connectivity index is 2.13. The van der Waals surface area contributed by atoms with Gasteiger partial charge in [0.15, 0.2) is 5.69 Å². The van der Waals surface area contributed by atoms with Crippen LogP contribution in [0.4, 0.5) is 5.95 Å². The summed E-state index contributed by atoms with van der Waals surface area (Å²) < 4.78 is 1.73. The zero-order valence-corrected chi connectivity index (χ0v) is 9.06. The van der Waals surface area contributed by atoms with Gasteiger partial charge in [-0.3, -0.25) is 19.8 Å². The molecular formula is C9H12N6O. The maximum Gasteiger partial charge on any atom is 0.278 e. The second-order valence-corrected chi connectivity index (χ2v) is 3.33. The number of nitrogens with zero attached hydrogens (tertiary/aromatic N) is 4. The Morgan fingerprint density at radius 2 is 2.44 bits per heavy atom. The quantitative estimate of drug-likeness (QED) is 0.792. The van der Waals surface area contributed by atoms with Gasteiger partial charge in [0.25, 0.3) is 5.91 Å². The number of rotatable bonds is 3. The van der Waals surface area contributed by atoms with Gasteiger partial charge in [-0.25, -0.2) is 0 Å².